The maximum atomic E-state index is 12.9. The molecule has 0 radical (unpaired) electrons. The van der Waals surface area contributed by atoms with Crippen LogP contribution in [0.5, 0.6) is 5.75 Å². The number of non-ortho nitro benzene ring substituents is 1. The Morgan fingerprint density at radius 1 is 0.968 bits per heavy atom. The molecule has 3 aromatic rings. The molecular formula is C22H15N3O6. The largest absolute Gasteiger partial charge is 0.497 e. The number of imide groups is 1. The fourth-order valence-electron chi connectivity index (χ4n) is 3.27. The highest BCUT2D eigenvalue weighted by Crippen LogP contribution is 2.35. The van der Waals surface area contributed by atoms with E-state index in [0.29, 0.717) is 11.3 Å². The molecule has 31 heavy (non-hydrogen) atoms. The van der Waals surface area contributed by atoms with Crippen molar-refractivity contribution in [2.24, 2.45) is 0 Å². The minimum atomic E-state index is -0.699. The zero-order chi connectivity index (χ0) is 22.1. The van der Waals surface area contributed by atoms with Crippen LogP contribution in [0.15, 0.2) is 66.7 Å². The van der Waals surface area contributed by atoms with E-state index in [1.807, 2.05) is 0 Å². The maximum Gasteiger partial charge on any atom is 0.270 e. The lowest BCUT2D eigenvalue weighted by atomic mass is 10.1. The van der Waals surface area contributed by atoms with E-state index in [4.69, 9.17) is 4.74 Å². The average Bonchev–Trinajstić information content (AvgIpc) is 3.03. The Morgan fingerprint density at radius 2 is 1.65 bits per heavy atom. The monoisotopic (exact) mass is 417 g/mol. The number of amides is 3. The summed E-state index contributed by atoms with van der Waals surface area (Å²) in [6, 6.07) is 16.3. The highest BCUT2D eigenvalue weighted by atomic mass is 16.6. The number of hydrogen-bond donors (Lipinski definition) is 1. The third-order valence-corrected chi connectivity index (χ3v) is 4.83. The number of nitrogens with one attached hydrogen (secondary N) is 1. The van der Waals surface area contributed by atoms with Crippen LogP contribution in [-0.4, -0.2) is 29.8 Å². The van der Waals surface area contributed by atoms with Gasteiger partial charge in [-0.2, -0.15) is 0 Å². The Hall–Kier alpha value is -4.53. The van der Waals surface area contributed by atoms with Crippen molar-refractivity contribution in [3.63, 3.8) is 0 Å². The van der Waals surface area contributed by atoms with Gasteiger partial charge in [0.15, 0.2) is 0 Å². The number of anilines is 2. The van der Waals surface area contributed by atoms with E-state index >= 15 is 0 Å². The predicted octanol–water partition coefficient (Wildman–Crippen LogP) is 3.66. The summed E-state index contributed by atoms with van der Waals surface area (Å²) in [6.07, 6.45) is 0. The summed E-state index contributed by atoms with van der Waals surface area (Å²) in [6.45, 7) is 0. The van der Waals surface area contributed by atoms with Gasteiger partial charge < -0.3 is 10.1 Å². The van der Waals surface area contributed by atoms with Gasteiger partial charge >= 0.3 is 0 Å². The van der Waals surface area contributed by atoms with E-state index in [2.05, 4.69) is 5.32 Å². The van der Waals surface area contributed by atoms with Gasteiger partial charge in [-0.1, -0.05) is 12.1 Å². The quantitative estimate of drug-likeness (QED) is 0.384. The lowest BCUT2D eigenvalue weighted by molar-refractivity contribution is -0.384. The van der Waals surface area contributed by atoms with E-state index in [-0.39, 0.29) is 28.2 Å². The molecule has 4 rings (SSSR count). The fraction of sp³-hybridized carbons (Fsp3) is 0.0455. The Balaban J connectivity index is 1.67. The zero-order valence-corrected chi connectivity index (χ0v) is 16.2. The molecule has 3 aromatic carbocycles. The highest BCUT2D eigenvalue weighted by molar-refractivity contribution is 6.35. The van der Waals surface area contributed by atoms with Gasteiger partial charge in [0, 0.05) is 17.7 Å². The van der Waals surface area contributed by atoms with Crippen molar-refractivity contribution in [3.8, 4) is 5.75 Å². The SMILES string of the molecule is COc1ccc(C(=O)Nc2ccccc2N2C(=O)c3ccc([N+](=O)[O-])cc3C2=O)cc1. The number of methoxy groups -OCH3 is 1. The highest BCUT2D eigenvalue weighted by Gasteiger charge is 2.39. The first-order valence-electron chi connectivity index (χ1n) is 9.12. The van der Waals surface area contributed by atoms with Crippen LogP contribution in [0.2, 0.25) is 0 Å². The van der Waals surface area contributed by atoms with Crippen molar-refractivity contribution in [1.29, 1.82) is 0 Å². The molecule has 1 heterocycles. The van der Waals surface area contributed by atoms with Crippen LogP contribution < -0.4 is 15.0 Å². The number of nitrogens with zero attached hydrogens (tertiary/aromatic N) is 2. The fourth-order valence-corrected chi connectivity index (χ4v) is 3.27. The zero-order valence-electron chi connectivity index (χ0n) is 16.2. The molecule has 0 unspecified atom stereocenters. The van der Waals surface area contributed by atoms with Gasteiger partial charge in [-0.3, -0.25) is 24.5 Å². The Morgan fingerprint density at radius 3 is 2.32 bits per heavy atom. The summed E-state index contributed by atoms with van der Waals surface area (Å²) in [5, 5.41) is 13.7. The number of carbonyl (C=O) groups is 3. The number of benzene rings is 3. The van der Waals surface area contributed by atoms with Gasteiger partial charge in [0.1, 0.15) is 5.75 Å². The number of nitro benzene ring substituents is 1. The van der Waals surface area contributed by atoms with Crippen molar-refractivity contribution in [1.82, 2.24) is 0 Å². The number of para-hydroxylation sites is 2. The number of fused-ring (bicyclic) bond motifs is 1. The van der Waals surface area contributed by atoms with Crippen LogP contribution in [0.1, 0.15) is 31.1 Å². The molecule has 0 bridgehead atoms. The standard InChI is InChI=1S/C22H15N3O6/c1-31-15-9-6-13(7-10-15)20(26)23-18-4-2-3-5-19(18)24-21(27)16-11-8-14(25(29)30)12-17(16)22(24)28/h2-12H,1H3,(H,23,26). The first-order chi connectivity index (χ1) is 14.9. The first kappa shape index (κ1) is 19.8. The molecule has 154 valence electrons. The van der Waals surface area contributed by atoms with E-state index in [0.717, 1.165) is 11.0 Å². The molecule has 3 amide bonds. The molecule has 0 aromatic heterocycles. The lowest BCUT2D eigenvalue weighted by Crippen LogP contribution is -2.30. The third-order valence-electron chi connectivity index (χ3n) is 4.83. The molecule has 0 saturated carbocycles. The second-order valence-electron chi connectivity index (χ2n) is 6.63. The molecule has 0 spiro atoms. The normalized spacial score (nSPS) is 12.5. The number of carbonyl (C=O) groups excluding carboxylic acids is 3. The van der Waals surface area contributed by atoms with Gasteiger partial charge in [-0.15, -0.1) is 0 Å². The summed E-state index contributed by atoms with van der Waals surface area (Å²) < 4.78 is 5.08. The van der Waals surface area contributed by atoms with Crippen LogP contribution in [0, 0.1) is 10.1 Å². The van der Waals surface area contributed by atoms with E-state index in [1.165, 1.54) is 25.3 Å². The summed E-state index contributed by atoms with van der Waals surface area (Å²) >= 11 is 0. The summed E-state index contributed by atoms with van der Waals surface area (Å²) in [7, 11) is 1.52. The maximum absolute atomic E-state index is 12.9. The minimum Gasteiger partial charge on any atom is -0.497 e. The summed E-state index contributed by atoms with van der Waals surface area (Å²) in [4.78, 5) is 49.8. The Bertz CT molecular complexity index is 1240. The molecule has 0 atom stereocenters. The predicted molar refractivity (Wildman–Crippen MR) is 112 cm³/mol. The molecule has 1 aliphatic heterocycles. The Labute approximate surface area is 176 Å². The van der Waals surface area contributed by atoms with Crippen LogP contribution in [0.25, 0.3) is 0 Å². The van der Waals surface area contributed by atoms with Crippen molar-refractivity contribution >= 4 is 34.8 Å². The van der Waals surface area contributed by atoms with Crippen LogP contribution >= 0.6 is 0 Å². The average molecular weight is 417 g/mol. The third kappa shape index (κ3) is 3.48. The molecule has 0 saturated heterocycles. The van der Waals surface area contributed by atoms with Gasteiger partial charge in [-0.25, -0.2) is 4.90 Å². The first-order valence-corrected chi connectivity index (χ1v) is 9.12. The van der Waals surface area contributed by atoms with Crippen molar-refractivity contribution < 1.29 is 24.0 Å². The van der Waals surface area contributed by atoms with E-state index < -0.39 is 22.6 Å². The van der Waals surface area contributed by atoms with Crippen LogP contribution in [0.3, 0.4) is 0 Å². The van der Waals surface area contributed by atoms with E-state index in [1.54, 1.807) is 42.5 Å². The second-order valence-corrected chi connectivity index (χ2v) is 6.63. The lowest BCUT2D eigenvalue weighted by Gasteiger charge is -2.18. The van der Waals surface area contributed by atoms with Gasteiger partial charge in [0.25, 0.3) is 23.4 Å². The van der Waals surface area contributed by atoms with Crippen molar-refractivity contribution in [3.05, 3.63) is 93.5 Å². The molecule has 0 aliphatic carbocycles. The summed E-state index contributed by atoms with van der Waals surface area (Å²) in [5.74, 6) is -1.17. The molecule has 1 aliphatic rings. The van der Waals surface area contributed by atoms with Crippen molar-refractivity contribution in [2.45, 2.75) is 0 Å². The van der Waals surface area contributed by atoms with Crippen LogP contribution in [0.4, 0.5) is 17.1 Å². The molecule has 9 heteroatoms. The smallest absolute Gasteiger partial charge is 0.270 e. The number of nitro groups is 1. The molecule has 1 N–H and O–H groups in total. The van der Waals surface area contributed by atoms with Crippen molar-refractivity contribution in [2.75, 3.05) is 17.3 Å². The minimum absolute atomic E-state index is 0.0597. The van der Waals surface area contributed by atoms with E-state index in [9.17, 15) is 24.5 Å². The molecule has 9 nitrogen and oxygen atoms in total. The second kappa shape index (κ2) is 7.71. The number of hydrogen-bond acceptors (Lipinski definition) is 6. The Kier molecular flexibility index (Phi) is 4.92. The topological polar surface area (TPSA) is 119 Å². The van der Waals surface area contributed by atoms with Gasteiger partial charge in [0.05, 0.1) is 34.5 Å². The molecular weight excluding hydrogens is 402 g/mol. The van der Waals surface area contributed by atoms with Crippen LogP contribution in [-0.2, 0) is 0 Å². The summed E-state index contributed by atoms with van der Waals surface area (Å²) in [5.41, 5.74) is 0.476. The number of ether oxygens (including phenoxy) is 1. The van der Waals surface area contributed by atoms with Gasteiger partial charge in [0.2, 0.25) is 0 Å². The number of rotatable bonds is 5. The van der Waals surface area contributed by atoms with Gasteiger partial charge in [-0.05, 0) is 42.5 Å². The molecule has 0 fully saturated rings.